The van der Waals surface area contributed by atoms with Crippen molar-refractivity contribution in [3.05, 3.63) is 60.2 Å². The van der Waals surface area contributed by atoms with E-state index < -0.39 is 0 Å². The number of halogens is 1. The summed E-state index contributed by atoms with van der Waals surface area (Å²) in [5.74, 6) is 2.17. The van der Waals surface area contributed by atoms with E-state index in [4.69, 9.17) is 14.0 Å². The first-order valence-corrected chi connectivity index (χ1v) is 11.4. The van der Waals surface area contributed by atoms with Gasteiger partial charge in [-0.15, -0.1) is 0 Å². The van der Waals surface area contributed by atoms with Gasteiger partial charge in [0.15, 0.2) is 0 Å². The third kappa shape index (κ3) is 6.32. The predicted octanol–water partition coefficient (Wildman–Crippen LogP) is 3.68. The zero-order chi connectivity index (χ0) is 23.9. The number of methoxy groups -OCH3 is 1. The van der Waals surface area contributed by atoms with Crippen LogP contribution in [-0.2, 0) is 11.3 Å². The number of benzene rings is 2. The van der Waals surface area contributed by atoms with Crippen LogP contribution < -0.4 is 14.8 Å². The topological polar surface area (TPSA) is 89.7 Å². The Bertz CT molecular complexity index is 1060. The molecule has 1 saturated heterocycles. The van der Waals surface area contributed by atoms with Crippen LogP contribution in [-0.4, -0.2) is 53.8 Å². The molecule has 0 aliphatic carbocycles. The zero-order valence-electron chi connectivity index (χ0n) is 19.4. The van der Waals surface area contributed by atoms with E-state index in [1.165, 1.54) is 12.1 Å². The summed E-state index contributed by atoms with van der Waals surface area (Å²) >= 11 is 0. The second kappa shape index (κ2) is 11.1. The summed E-state index contributed by atoms with van der Waals surface area (Å²) in [6.07, 6.45) is 1.52. The van der Waals surface area contributed by atoms with Gasteiger partial charge in [0.05, 0.1) is 19.7 Å². The lowest BCUT2D eigenvalue weighted by atomic mass is 9.95. The van der Waals surface area contributed by atoms with Crippen LogP contribution in [0.4, 0.5) is 4.39 Å². The lowest BCUT2D eigenvalue weighted by Crippen LogP contribution is -2.44. The first kappa shape index (κ1) is 23.7. The number of likely N-dealkylation sites (tertiary alicyclic amines) is 1. The monoisotopic (exact) mass is 468 g/mol. The van der Waals surface area contributed by atoms with E-state index in [1.54, 1.807) is 19.2 Å². The van der Waals surface area contributed by atoms with Gasteiger partial charge in [-0.1, -0.05) is 5.16 Å². The Balaban J connectivity index is 1.19. The second-order valence-corrected chi connectivity index (χ2v) is 8.47. The minimum atomic E-state index is -0.307. The molecule has 1 N–H and O–H groups in total. The summed E-state index contributed by atoms with van der Waals surface area (Å²) in [4.78, 5) is 19.3. The van der Waals surface area contributed by atoms with E-state index >= 15 is 0 Å². The van der Waals surface area contributed by atoms with Crippen LogP contribution >= 0.6 is 0 Å². The van der Waals surface area contributed by atoms with Crippen LogP contribution in [0, 0.1) is 11.7 Å². The molecule has 1 fully saturated rings. The number of nitrogens with one attached hydrogen (secondary N) is 1. The summed E-state index contributed by atoms with van der Waals surface area (Å²) < 4.78 is 29.4. The highest BCUT2D eigenvalue weighted by Gasteiger charge is 2.27. The fourth-order valence-corrected chi connectivity index (χ4v) is 3.88. The Kier molecular flexibility index (Phi) is 7.74. The number of hydrogen-bond acceptors (Lipinski definition) is 7. The van der Waals surface area contributed by atoms with Gasteiger partial charge in [-0.3, -0.25) is 9.69 Å². The van der Waals surface area contributed by atoms with E-state index in [0.717, 1.165) is 37.4 Å². The molecule has 9 heteroatoms. The maximum absolute atomic E-state index is 13.1. The summed E-state index contributed by atoms with van der Waals surface area (Å²) in [7, 11) is 1.62. The van der Waals surface area contributed by atoms with Crippen molar-refractivity contribution in [2.75, 3.05) is 26.8 Å². The first-order valence-electron chi connectivity index (χ1n) is 11.4. The molecule has 0 saturated carbocycles. The van der Waals surface area contributed by atoms with Crippen molar-refractivity contribution >= 4 is 5.91 Å². The maximum atomic E-state index is 13.1. The third-order valence-corrected chi connectivity index (χ3v) is 5.84. The van der Waals surface area contributed by atoms with Gasteiger partial charge in [-0.05, 0) is 81.4 Å². The Morgan fingerprint density at radius 3 is 2.50 bits per heavy atom. The van der Waals surface area contributed by atoms with Gasteiger partial charge >= 0.3 is 0 Å². The van der Waals surface area contributed by atoms with Crippen molar-refractivity contribution in [3.63, 3.8) is 0 Å². The number of piperidine rings is 1. The normalized spacial score (nSPS) is 15.6. The zero-order valence-corrected chi connectivity index (χ0v) is 19.4. The SMILES string of the molecule is COc1ccc(OCC(C)NC(=O)C2CCN(Cc3nc(-c4ccc(F)cc4)no3)CC2)cc1. The van der Waals surface area contributed by atoms with Crippen molar-refractivity contribution < 1.29 is 23.2 Å². The molecule has 3 aromatic rings. The number of ether oxygens (including phenoxy) is 2. The fourth-order valence-electron chi connectivity index (χ4n) is 3.88. The predicted molar refractivity (Wildman–Crippen MR) is 124 cm³/mol. The Morgan fingerprint density at radius 1 is 1.15 bits per heavy atom. The van der Waals surface area contributed by atoms with Crippen LogP contribution in [0.15, 0.2) is 53.1 Å². The number of rotatable bonds is 9. The van der Waals surface area contributed by atoms with Gasteiger partial charge in [-0.2, -0.15) is 4.98 Å². The van der Waals surface area contributed by atoms with E-state index in [9.17, 15) is 9.18 Å². The molecule has 0 bridgehead atoms. The molecule has 1 amide bonds. The standard InChI is InChI=1S/C25H29FN4O4/c1-17(16-33-22-9-7-21(32-2)8-10-22)27-25(31)19-11-13-30(14-12-19)15-23-28-24(29-34-23)18-3-5-20(26)6-4-18/h3-10,17,19H,11-16H2,1-2H3,(H,27,31). The van der Waals surface area contributed by atoms with Gasteiger partial charge in [0.1, 0.15) is 23.9 Å². The van der Waals surface area contributed by atoms with Gasteiger partial charge in [-0.25, -0.2) is 4.39 Å². The minimum Gasteiger partial charge on any atom is -0.497 e. The highest BCUT2D eigenvalue weighted by atomic mass is 19.1. The van der Waals surface area contributed by atoms with Gasteiger partial charge in [0.25, 0.3) is 0 Å². The van der Waals surface area contributed by atoms with Crippen molar-refractivity contribution in [3.8, 4) is 22.9 Å². The van der Waals surface area contributed by atoms with Crippen LogP contribution in [0.3, 0.4) is 0 Å². The lowest BCUT2D eigenvalue weighted by Gasteiger charge is -2.30. The van der Waals surface area contributed by atoms with Crippen molar-refractivity contribution in [2.24, 2.45) is 5.92 Å². The summed E-state index contributed by atoms with van der Waals surface area (Å²) in [6.45, 7) is 4.39. The number of nitrogens with zero attached hydrogens (tertiary/aromatic N) is 3. The lowest BCUT2D eigenvalue weighted by molar-refractivity contribution is -0.127. The van der Waals surface area contributed by atoms with Gasteiger partial charge in [0, 0.05) is 11.5 Å². The molecule has 2 aromatic carbocycles. The maximum Gasteiger partial charge on any atom is 0.241 e. The van der Waals surface area contributed by atoms with E-state index in [2.05, 4.69) is 20.4 Å². The molecule has 4 rings (SSSR count). The molecule has 2 heterocycles. The Labute approximate surface area is 198 Å². The number of carbonyl (C=O) groups is 1. The van der Waals surface area contributed by atoms with Crippen LogP contribution in [0.5, 0.6) is 11.5 Å². The molecule has 8 nitrogen and oxygen atoms in total. The molecule has 0 spiro atoms. The molecule has 1 aliphatic rings. The van der Waals surface area contributed by atoms with Crippen molar-refractivity contribution in [1.82, 2.24) is 20.4 Å². The second-order valence-electron chi connectivity index (χ2n) is 8.47. The van der Waals surface area contributed by atoms with E-state index in [1.807, 2.05) is 31.2 Å². The van der Waals surface area contributed by atoms with Crippen molar-refractivity contribution in [2.45, 2.75) is 32.4 Å². The van der Waals surface area contributed by atoms with Crippen LogP contribution in [0.2, 0.25) is 0 Å². The molecule has 0 radical (unpaired) electrons. The van der Waals surface area contributed by atoms with Crippen LogP contribution in [0.1, 0.15) is 25.7 Å². The number of amides is 1. The highest BCUT2D eigenvalue weighted by Crippen LogP contribution is 2.21. The first-order chi connectivity index (χ1) is 16.5. The molecular formula is C25H29FN4O4. The molecule has 1 aromatic heterocycles. The average molecular weight is 469 g/mol. The Morgan fingerprint density at radius 2 is 1.82 bits per heavy atom. The largest absolute Gasteiger partial charge is 0.497 e. The summed E-state index contributed by atoms with van der Waals surface area (Å²) in [5.41, 5.74) is 0.705. The minimum absolute atomic E-state index is 0.0304. The highest BCUT2D eigenvalue weighted by molar-refractivity contribution is 5.79. The number of aromatic nitrogens is 2. The molecular weight excluding hydrogens is 439 g/mol. The molecule has 1 aliphatic heterocycles. The average Bonchev–Trinajstić information content (AvgIpc) is 3.32. The molecule has 1 atom stereocenters. The summed E-state index contributed by atoms with van der Waals surface area (Å²) in [5, 5.41) is 7.05. The van der Waals surface area contributed by atoms with E-state index in [0.29, 0.717) is 30.4 Å². The number of carbonyl (C=O) groups excluding carboxylic acids is 1. The number of hydrogen-bond donors (Lipinski definition) is 1. The molecule has 34 heavy (non-hydrogen) atoms. The Hall–Kier alpha value is -3.46. The fraction of sp³-hybridized carbons (Fsp3) is 0.400. The molecule has 1 unspecified atom stereocenters. The smallest absolute Gasteiger partial charge is 0.241 e. The van der Waals surface area contributed by atoms with Crippen molar-refractivity contribution in [1.29, 1.82) is 0 Å². The van der Waals surface area contributed by atoms with Gasteiger partial charge < -0.3 is 19.3 Å². The summed E-state index contributed by atoms with van der Waals surface area (Å²) in [6, 6.07) is 13.2. The van der Waals surface area contributed by atoms with Gasteiger partial charge in [0.2, 0.25) is 17.6 Å². The quantitative estimate of drug-likeness (QED) is 0.512. The van der Waals surface area contributed by atoms with E-state index in [-0.39, 0.29) is 23.7 Å². The van der Waals surface area contributed by atoms with Crippen LogP contribution in [0.25, 0.3) is 11.4 Å². The third-order valence-electron chi connectivity index (χ3n) is 5.84. The molecule has 180 valence electrons.